The molecule has 5 heteroatoms. The Morgan fingerprint density at radius 2 is 2.23 bits per heavy atom. The number of hydrogen-bond acceptors (Lipinski definition) is 3. The second-order valence-corrected chi connectivity index (χ2v) is 8.17. The van der Waals surface area contributed by atoms with Gasteiger partial charge < -0.3 is 15.5 Å². The highest BCUT2D eigenvalue weighted by atomic mass is 16.2. The van der Waals surface area contributed by atoms with E-state index in [0.29, 0.717) is 12.3 Å². The van der Waals surface area contributed by atoms with Gasteiger partial charge in [-0.05, 0) is 56.3 Å². The molecule has 0 bridgehead atoms. The Kier molecular flexibility index (Phi) is 4.74. The number of fused-ring (bicyclic) bond motifs is 1. The Morgan fingerprint density at radius 1 is 1.35 bits per heavy atom. The monoisotopic (exact) mass is 355 g/mol. The van der Waals surface area contributed by atoms with Crippen molar-refractivity contribution in [1.29, 1.82) is 0 Å². The van der Waals surface area contributed by atoms with Crippen LogP contribution in [0.5, 0.6) is 0 Å². The number of carbonyl (C=O) groups is 2. The van der Waals surface area contributed by atoms with E-state index in [1.165, 1.54) is 6.42 Å². The zero-order valence-electron chi connectivity index (χ0n) is 15.6. The summed E-state index contributed by atoms with van der Waals surface area (Å²) in [6, 6.07) is 8.00. The molecule has 1 unspecified atom stereocenters. The minimum atomic E-state index is -0.227. The van der Waals surface area contributed by atoms with Crippen molar-refractivity contribution in [3.05, 3.63) is 29.8 Å². The van der Waals surface area contributed by atoms with Gasteiger partial charge in [-0.2, -0.15) is 0 Å². The fraction of sp³-hybridized carbons (Fsp3) is 0.619. The molecule has 2 aliphatic heterocycles. The molecule has 1 saturated carbocycles. The Balaban J connectivity index is 1.49. The fourth-order valence-electron chi connectivity index (χ4n) is 5.00. The van der Waals surface area contributed by atoms with Crippen molar-refractivity contribution < 1.29 is 9.59 Å². The van der Waals surface area contributed by atoms with Crippen LogP contribution in [0.2, 0.25) is 0 Å². The Bertz CT molecular complexity index is 704. The lowest BCUT2D eigenvalue weighted by atomic mass is 9.67. The summed E-state index contributed by atoms with van der Waals surface area (Å²) in [4.78, 5) is 27.0. The van der Waals surface area contributed by atoms with Crippen LogP contribution in [0.25, 0.3) is 0 Å². The molecule has 4 rings (SSSR count). The summed E-state index contributed by atoms with van der Waals surface area (Å²) in [6.45, 7) is 4.60. The number of rotatable bonds is 4. The van der Waals surface area contributed by atoms with Crippen molar-refractivity contribution in [2.75, 3.05) is 24.5 Å². The van der Waals surface area contributed by atoms with Gasteiger partial charge in [0, 0.05) is 25.2 Å². The highest BCUT2D eigenvalue weighted by molar-refractivity contribution is 5.95. The van der Waals surface area contributed by atoms with Gasteiger partial charge in [-0.25, -0.2) is 0 Å². The fourth-order valence-corrected chi connectivity index (χ4v) is 5.00. The van der Waals surface area contributed by atoms with Crippen molar-refractivity contribution in [2.45, 2.75) is 51.5 Å². The van der Waals surface area contributed by atoms with Crippen LogP contribution in [-0.4, -0.2) is 31.4 Å². The summed E-state index contributed by atoms with van der Waals surface area (Å²) in [5, 5.41) is 6.72. The number of amides is 2. The van der Waals surface area contributed by atoms with Gasteiger partial charge in [0.15, 0.2) is 0 Å². The molecule has 0 spiro atoms. The van der Waals surface area contributed by atoms with Crippen LogP contribution < -0.4 is 15.5 Å². The standard InChI is InChI=1S/C21H29N3O2/c1-15(16-6-4-8-18(12-16)24-11-5-9-19(24)25)23-20(26)21-10-3-2-7-17(21)13-22-14-21/h4,6,8,12,15,17,22H,2-3,5,7,9-11,13-14H2,1H3,(H,23,26)/t15?,17-,21+/m0/s1. The molecule has 26 heavy (non-hydrogen) atoms. The number of nitrogens with one attached hydrogen (secondary N) is 2. The molecular weight excluding hydrogens is 326 g/mol. The first-order valence-corrected chi connectivity index (χ1v) is 10.0. The topological polar surface area (TPSA) is 61.4 Å². The molecule has 0 radical (unpaired) electrons. The third kappa shape index (κ3) is 3.02. The quantitative estimate of drug-likeness (QED) is 0.873. The van der Waals surface area contributed by atoms with Gasteiger partial charge in [0.05, 0.1) is 11.5 Å². The summed E-state index contributed by atoms with van der Waals surface area (Å²) in [5.41, 5.74) is 1.78. The summed E-state index contributed by atoms with van der Waals surface area (Å²) >= 11 is 0. The van der Waals surface area contributed by atoms with Crippen molar-refractivity contribution >= 4 is 17.5 Å². The third-order valence-corrected chi connectivity index (χ3v) is 6.59. The predicted octanol–water partition coefficient (Wildman–Crippen LogP) is 2.77. The van der Waals surface area contributed by atoms with Gasteiger partial charge in [-0.1, -0.05) is 25.0 Å². The molecule has 2 heterocycles. The van der Waals surface area contributed by atoms with E-state index < -0.39 is 0 Å². The third-order valence-electron chi connectivity index (χ3n) is 6.59. The molecular formula is C21H29N3O2. The molecule has 1 aromatic carbocycles. The largest absolute Gasteiger partial charge is 0.349 e. The Hall–Kier alpha value is -1.88. The molecule has 2 saturated heterocycles. The average molecular weight is 355 g/mol. The van der Waals surface area contributed by atoms with Crippen LogP contribution in [0, 0.1) is 11.3 Å². The number of hydrogen-bond donors (Lipinski definition) is 2. The molecule has 1 aliphatic carbocycles. The van der Waals surface area contributed by atoms with Crippen molar-refractivity contribution in [1.82, 2.24) is 10.6 Å². The first-order chi connectivity index (χ1) is 12.6. The molecule has 1 aromatic rings. The van der Waals surface area contributed by atoms with E-state index in [0.717, 1.165) is 56.6 Å². The summed E-state index contributed by atoms with van der Waals surface area (Å²) in [6.07, 6.45) is 6.09. The maximum atomic E-state index is 13.2. The van der Waals surface area contributed by atoms with Crippen LogP contribution in [0.3, 0.4) is 0 Å². The van der Waals surface area contributed by atoms with E-state index in [-0.39, 0.29) is 23.3 Å². The van der Waals surface area contributed by atoms with Gasteiger partial charge >= 0.3 is 0 Å². The zero-order valence-corrected chi connectivity index (χ0v) is 15.6. The molecule has 0 aromatic heterocycles. The molecule has 3 atom stereocenters. The molecule has 5 nitrogen and oxygen atoms in total. The minimum absolute atomic E-state index is 0.0577. The number of nitrogens with zero attached hydrogens (tertiary/aromatic N) is 1. The normalized spacial score (nSPS) is 29.5. The van der Waals surface area contributed by atoms with E-state index >= 15 is 0 Å². The second-order valence-electron chi connectivity index (χ2n) is 8.17. The van der Waals surface area contributed by atoms with Gasteiger partial charge in [-0.3, -0.25) is 9.59 Å². The Morgan fingerprint density at radius 3 is 3.04 bits per heavy atom. The van der Waals surface area contributed by atoms with Crippen LogP contribution in [0.15, 0.2) is 24.3 Å². The van der Waals surface area contributed by atoms with Gasteiger partial charge in [-0.15, -0.1) is 0 Å². The number of carbonyl (C=O) groups excluding carboxylic acids is 2. The molecule has 2 amide bonds. The minimum Gasteiger partial charge on any atom is -0.349 e. The number of benzene rings is 1. The number of anilines is 1. The maximum absolute atomic E-state index is 13.2. The van der Waals surface area contributed by atoms with Gasteiger partial charge in [0.25, 0.3) is 0 Å². The maximum Gasteiger partial charge on any atom is 0.228 e. The van der Waals surface area contributed by atoms with Gasteiger partial charge in [0.2, 0.25) is 11.8 Å². The van der Waals surface area contributed by atoms with Crippen molar-refractivity contribution in [3.8, 4) is 0 Å². The van der Waals surface area contributed by atoms with Crippen molar-refractivity contribution in [2.24, 2.45) is 11.3 Å². The molecule has 3 fully saturated rings. The first kappa shape index (κ1) is 17.5. The van der Waals surface area contributed by atoms with Crippen molar-refractivity contribution in [3.63, 3.8) is 0 Å². The van der Waals surface area contributed by atoms with Crippen LogP contribution >= 0.6 is 0 Å². The summed E-state index contributed by atoms with van der Waals surface area (Å²) < 4.78 is 0. The van der Waals surface area contributed by atoms with E-state index in [1.54, 1.807) is 0 Å². The second kappa shape index (κ2) is 7.03. The van der Waals surface area contributed by atoms with Gasteiger partial charge in [0.1, 0.15) is 0 Å². The highest BCUT2D eigenvalue weighted by Crippen LogP contribution is 2.44. The molecule has 2 N–H and O–H groups in total. The van der Waals surface area contributed by atoms with Crippen LogP contribution in [0.1, 0.15) is 57.1 Å². The lowest BCUT2D eigenvalue weighted by Gasteiger charge is -2.38. The highest BCUT2D eigenvalue weighted by Gasteiger charge is 2.50. The molecule has 140 valence electrons. The summed E-state index contributed by atoms with van der Waals surface area (Å²) in [7, 11) is 0. The van der Waals surface area contributed by atoms with E-state index in [4.69, 9.17) is 0 Å². The SMILES string of the molecule is CC(NC(=O)[C@@]12CCCC[C@H]1CNC2)c1cccc(N2CCCC2=O)c1. The van der Waals surface area contributed by atoms with Crippen LogP contribution in [0.4, 0.5) is 5.69 Å². The first-order valence-electron chi connectivity index (χ1n) is 10.0. The van der Waals surface area contributed by atoms with Crippen LogP contribution in [-0.2, 0) is 9.59 Å². The smallest absolute Gasteiger partial charge is 0.228 e. The average Bonchev–Trinajstić information content (AvgIpc) is 3.28. The van der Waals surface area contributed by atoms with E-state index in [2.05, 4.69) is 16.7 Å². The lowest BCUT2D eigenvalue weighted by Crippen LogP contribution is -2.48. The zero-order chi connectivity index (χ0) is 18.1. The lowest BCUT2D eigenvalue weighted by molar-refractivity contribution is -0.134. The van der Waals surface area contributed by atoms with E-state index in [9.17, 15) is 9.59 Å². The van der Waals surface area contributed by atoms with E-state index in [1.807, 2.05) is 30.0 Å². The summed E-state index contributed by atoms with van der Waals surface area (Å²) in [5.74, 6) is 0.860. The molecule has 3 aliphatic rings. The Labute approximate surface area is 155 Å². The predicted molar refractivity (Wildman–Crippen MR) is 102 cm³/mol.